The quantitative estimate of drug-likeness (QED) is 0.543. The zero-order valence-corrected chi connectivity index (χ0v) is 12.5. The van der Waals surface area contributed by atoms with Crippen LogP contribution in [0.1, 0.15) is 22.9 Å². The van der Waals surface area contributed by atoms with Crippen LogP contribution >= 0.6 is 11.3 Å². The fourth-order valence-electron chi connectivity index (χ4n) is 2.33. The molecule has 5 heteroatoms. The van der Waals surface area contributed by atoms with Gasteiger partial charge in [0.25, 0.3) is 0 Å². The van der Waals surface area contributed by atoms with Crippen molar-refractivity contribution in [2.75, 3.05) is 0 Å². The average molecular weight is 298 g/mol. The van der Waals surface area contributed by atoms with Crippen LogP contribution in [0.4, 0.5) is 0 Å². The molecule has 0 spiro atoms. The largest absolute Gasteiger partial charge is 0.271 e. The van der Waals surface area contributed by atoms with Gasteiger partial charge >= 0.3 is 0 Å². The molecule has 0 aliphatic carbocycles. The Balaban J connectivity index is 1.71. The lowest BCUT2D eigenvalue weighted by atomic mass is 10.1. The lowest BCUT2D eigenvalue weighted by Gasteiger charge is -2.13. The number of hydrogen-bond donors (Lipinski definition) is 2. The Morgan fingerprint density at radius 2 is 2.05 bits per heavy atom. The lowest BCUT2D eigenvalue weighted by molar-refractivity contribution is 0.518. The molecule has 0 saturated heterocycles. The summed E-state index contributed by atoms with van der Waals surface area (Å²) in [6.45, 7) is 0. The van der Waals surface area contributed by atoms with Crippen molar-refractivity contribution in [3.63, 3.8) is 0 Å². The van der Waals surface area contributed by atoms with Crippen LogP contribution in [-0.4, -0.2) is 9.78 Å². The molecule has 21 heavy (non-hydrogen) atoms. The highest BCUT2D eigenvalue weighted by Gasteiger charge is 2.13. The van der Waals surface area contributed by atoms with E-state index in [-0.39, 0.29) is 6.04 Å². The van der Waals surface area contributed by atoms with Gasteiger partial charge in [-0.3, -0.25) is 11.3 Å². The van der Waals surface area contributed by atoms with Crippen LogP contribution in [0.2, 0.25) is 0 Å². The van der Waals surface area contributed by atoms with E-state index in [1.54, 1.807) is 11.3 Å². The zero-order valence-electron chi connectivity index (χ0n) is 11.6. The van der Waals surface area contributed by atoms with Gasteiger partial charge in [0, 0.05) is 22.7 Å². The Hall–Kier alpha value is -1.95. The molecule has 0 aliphatic rings. The van der Waals surface area contributed by atoms with Crippen molar-refractivity contribution in [2.24, 2.45) is 5.84 Å². The monoisotopic (exact) mass is 298 g/mol. The molecule has 3 N–H and O–H groups in total. The maximum atomic E-state index is 5.71. The van der Waals surface area contributed by atoms with Crippen molar-refractivity contribution < 1.29 is 0 Å². The van der Waals surface area contributed by atoms with Gasteiger partial charge < -0.3 is 0 Å². The Kier molecular flexibility index (Phi) is 4.45. The fourth-order valence-corrected chi connectivity index (χ4v) is 3.05. The number of para-hydroxylation sites is 1. The van der Waals surface area contributed by atoms with Gasteiger partial charge in [0.05, 0.1) is 11.9 Å². The Morgan fingerprint density at radius 1 is 1.19 bits per heavy atom. The van der Waals surface area contributed by atoms with E-state index in [1.165, 1.54) is 4.88 Å². The van der Waals surface area contributed by atoms with Gasteiger partial charge in [-0.25, -0.2) is 4.68 Å². The van der Waals surface area contributed by atoms with E-state index in [1.807, 2.05) is 47.4 Å². The standard InChI is InChI=1S/C16H18N4S/c17-19-16(9-8-15-7-4-10-21-15)13-11-18-20(12-13)14-5-2-1-3-6-14/h1-7,10-12,16,19H,8-9,17H2. The molecule has 1 aromatic carbocycles. The SMILES string of the molecule is NNC(CCc1cccs1)c1cnn(-c2ccccc2)c1. The van der Waals surface area contributed by atoms with Crippen molar-refractivity contribution in [1.82, 2.24) is 15.2 Å². The summed E-state index contributed by atoms with van der Waals surface area (Å²) in [5.74, 6) is 5.71. The molecule has 4 nitrogen and oxygen atoms in total. The van der Waals surface area contributed by atoms with Gasteiger partial charge in [-0.15, -0.1) is 11.3 Å². The Bertz CT molecular complexity index is 661. The van der Waals surface area contributed by atoms with E-state index in [9.17, 15) is 0 Å². The summed E-state index contributed by atoms with van der Waals surface area (Å²) < 4.78 is 1.88. The van der Waals surface area contributed by atoms with Crippen LogP contribution in [0.15, 0.2) is 60.2 Å². The van der Waals surface area contributed by atoms with Crippen LogP contribution in [0.5, 0.6) is 0 Å². The van der Waals surface area contributed by atoms with E-state index >= 15 is 0 Å². The van der Waals surface area contributed by atoms with E-state index in [0.717, 1.165) is 24.1 Å². The second kappa shape index (κ2) is 6.67. The van der Waals surface area contributed by atoms with Crippen molar-refractivity contribution in [2.45, 2.75) is 18.9 Å². The first-order chi connectivity index (χ1) is 10.4. The van der Waals surface area contributed by atoms with Gasteiger partial charge in [0.2, 0.25) is 0 Å². The maximum absolute atomic E-state index is 5.71. The number of hydrogen-bond acceptors (Lipinski definition) is 4. The molecule has 3 rings (SSSR count). The van der Waals surface area contributed by atoms with E-state index in [4.69, 9.17) is 5.84 Å². The van der Waals surface area contributed by atoms with Crippen molar-refractivity contribution in [3.8, 4) is 5.69 Å². The van der Waals surface area contributed by atoms with E-state index < -0.39 is 0 Å². The molecule has 0 fully saturated rings. The number of aromatic nitrogens is 2. The molecule has 3 aromatic rings. The maximum Gasteiger partial charge on any atom is 0.0645 e. The normalized spacial score (nSPS) is 12.4. The molecule has 0 amide bonds. The van der Waals surface area contributed by atoms with Gasteiger partial charge in [0.15, 0.2) is 0 Å². The van der Waals surface area contributed by atoms with Gasteiger partial charge in [0.1, 0.15) is 0 Å². The first-order valence-electron chi connectivity index (χ1n) is 6.95. The second-order valence-electron chi connectivity index (χ2n) is 4.89. The van der Waals surface area contributed by atoms with Crippen molar-refractivity contribution in [3.05, 3.63) is 70.7 Å². The first-order valence-corrected chi connectivity index (χ1v) is 7.83. The lowest BCUT2D eigenvalue weighted by Crippen LogP contribution is -2.28. The summed E-state index contributed by atoms with van der Waals surface area (Å²) in [5.41, 5.74) is 5.06. The van der Waals surface area contributed by atoms with Crippen LogP contribution in [0.25, 0.3) is 5.69 Å². The number of nitrogens with one attached hydrogen (secondary N) is 1. The van der Waals surface area contributed by atoms with Crippen molar-refractivity contribution >= 4 is 11.3 Å². The topological polar surface area (TPSA) is 55.9 Å². The molecule has 1 atom stereocenters. The zero-order chi connectivity index (χ0) is 14.5. The summed E-state index contributed by atoms with van der Waals surface area (Å²) >= 11 is 1.78. The molecule has 108 valence electrons. The Labute approximate surface area is 128 Å². The average Bonchev–Trinajstić information content (AvgIpc) is 3.20. The number of aryl methyl sites for hydroxylation is 1. The third-order valence-corrected chi connectivity index (χ3v) is 4.42. The second-order valence-corrected chi connectivity index (χ2v) is 5.92. The predicted octanol–water partition coefficient (Wildman–Crippen LogP) is 3.07. The molecule has 0 radical (unpaired) electrons. The Morgan fingerprint density at radius 3 is 2.76 bits per heavy atom. The minimum atomic E-state index is 0.115. The number of nitrogens with two attached hydrogens (primary N) is 1. The molecule has 0 aliphatic heterocycles. The van der Waals surface area contributed by atoms with Crippen LogP contribution in [0, 0.1) is 0 Å². The molecular formula is C16H18N4S. The summed E-state index contributed by atoms with van der Waals surface area (Å²) in [4.78, 5) is 1.38. The summed E-state index contributed by atoms with van der Waals surface area (Å²) in [5, 5.41) is 6.53. The number of nitrogens with zero attached hydrogens (tertiary/aromatic N) is 2. The third kappa shape index (κ3) is 3.39. The van der Waals surface area contributed by atoms with Crippen LogP contribution < -0.4 is 11.3 Å². The summed E-state index contributed by atoms with van der Waals surface area (Å²) in [7, 11) is 0. The fraction of sp³-hybridized carbons (Fsp3) is 0.188. The number of rotatable bonds is 6. The number of hydrazine groups is 1. The van der Waals surface area contributed by atoms with Crippen molar-refractivity contribution in [1.29, 1.82) is 0 Å². The molecule has 2 aromatic heterocycles. The minimum Gasteiger partial charge on any atom is -0.271 e. The molecule has 0 bridgehead atoms. The molecule has 2 heterocycles. The van der Waals surface area contributed by atoms with E-state index in [2.05, 4.69) is 28.0 Å². The number of benzene rings is 1. The highest BCUT2D eigenvalue weighted by Crippen LogP contribution is 2.21. The molecule has 1 unspecified atom stereocenters. The van der Waals surface area contributed by atoms with Crippen LogP contribution in [0.3, 0.4) is 0 Å². The first kappa shape index (κ1) is 14.0. The predicted molar refractivity (Wildman–Crippen MR) is 86.3 cm³/mol. The smallest absolute Gasteiger partial charge is 0.0645 e. The minimum absolute atomic E-state index is 0.115. The van der Waals surface area contributed by atoms with Crippen LogP contribution in [-0.2, 0) is 6.42 Å². The molecule has 0 saturated carbocycles. The van der Waals surface area contributed by atoms with Gasteiger partial charge in [-0.2, -0.15) is 5.10 Å². The highest BCUT2D eigenvalue weighted by molar-refractivity contribution is 7.09. The molecular weight excluding hydrogens is 280 g/mol. The number of thiophene rings is 1. The summed E-state index contributed by atoms with van der Waals surface area (Å²) in [6, 6.07) is 14.4. The third-order valence-electron chi connectivity index (χ3n) is 3.49. The van der Waals surface area contributed by atoms with E-state index in [0.29, 0.717) is 0 Å². The highest BCUT2D eigenvalue weighted by atomic mass is 32.1. The summed E-state index contributed by atoms with van der Waals surface area (Å²) in [6.07, 6.45) is 5.89. The van der Waals surface area contributed by atoms with Gasteiger partial charge in [-0.05, 0) is 36.4 Å². The van der Waals surface area contributed by atoms with Gasteiger partial charge in [-0.1, -0.05) is 24.3 Å².